The van der Waals surface area contributed by atoms with E-state index >= 15 is 0 Å². The minimum atomic E-state index is -3.77. The molecule has 4 aliphatic rings. The van der Waals surface area contributed by atoms with Gasteiger partial charge in [0, 0.05) is 48.2 Å². The minimum absolute atomic E-state index is 0.0106. The van der Waals surface area contributed by atoms with E-state index in [9.17, 15) is 18.0 Å². The van der Waals surface area contributed by atoms with E-state index in [0.717, 1.165) is 36.8 Å². The molecule has 10 heteroatoms. The van der Waals surface area contributed by atoms with Gasteiger partial charge in [-0.3, -0.25) is 9.59 Å². The molecule has 2 N–H and O–H groups in total. The van der Waals surface area contributed by atoms with Crippen molar-refractivity contribution in [1.29, 1.82) is 0 Å². The monoisotopic (exact) mass is 525 g/mol. The van der Waals surface area contributed by atoms with Crippen LogP contribution in [0.3, 0.4) is 0 Å². The minimum Gasteiger partial charge on any atom is -0.367 e. The fourth-order valence-corrected chi connectivity index (χ4v) is 7.00. The number of piperazine rings is 1. The molecule has 2 aromatic rings. The Hall–Kier alpha value is -2.72. The number of amides is 2. The van der Waals surface area contributed by atoms with Crippen LogP contribution in [-0.2, 0) is 19.6 Å². The molecule has 0 radical (unpaired) electrons. The second-order valence-corrected chi connectivity index (χ2v) is 13.8. The van der Waals surface area contributed by atoms with Crippen molar-refractivity contribution in [2.45, 2.75) is 69.9 Å². The van der Waals surface area contributed by atoms with Crippen molar-refractivity contribution in [3.63, 3.8) is 0 Å². The van der Waals surface area contributed by atoms with E-state index in [-0.39, 0.29) is 34.1 Å². The zero-order chi connectivity index (χ0) is 26.3. The van der Waals surface area contributed by atoms with Crippen LogP contribution in [0.25, 0.3) is 10.9 Å². The molecule has 1 aromatic carbocycles. The molecule has 3 saturated carbocycles. The molecule has 1 aliphatic heterocycles. The van der Waals surface area contributed by atoms with Crippen molar-refractivity contribution in [3.05, 3.63) is 24.3 Å². The van der Waals surface area contributed by atoms with Gasteiger partial charge in [-0.25, -0.2) is 18.1 Å². The van der Waals surface area contributed by atoms with Gasteiger partial charge in [0.2, 0.25) is 21.8 Å². The molecule has 1 atom stereocenters. The maximum atomic E-state index is 13.4. The summed E-state index contributed by atoms with van der Waals surface area (Å²) in [5, 5.41) is 3.77. The third kappa shape index (κ3) is 4.37. The van der Waals surface area contributed by atoms with E-state index < -0.39 is 15.6 Å². The van der Waals surface area contributed by atoms with E-state index in [2.05, 4.69) is 19.9 Å². The number of carbonyl (C=O) groups is 2. The van der Waals surface area contributed by atoms with Gasteiger partial charge in [-0.1, -0.05) is 13.8 Å². The highest BCUT2D eigenvalue weighted by atomic mass is 32.2. The number of pyridine rings is 1. The smallest absolute Gasteiger partial charge is 0.241 e. The highest BCUT2D eigenvalue weighted by Gasteiger charge is 2.74. The normalized spacial score (nSPS) is 27.7. The molecule has 0 unspecified atom stereocenters. The van der Waals surface area contributed by atoms with Crippen molar-refractivity contribution in [3.8, 4) is 0 Å². The summed E-state index contributed by atoms with van der Waals surface area (Å²) in [5.74, 6) is 1.03. The Kier molecular flexibility index (Phi) is 5.41. The molecule has 1 saturated heterocycles. The summed E-state index contributed by atoms with van der Waals surface area (Å²) in [6.45, 7) is 9.50. The summed E-state index contributed by atoms with van der Waals surface area (Å²) < 4.78 is 29.6. The summed E-state index contributed by atoms with van der Waals surface area (Å²) in [4.78, 5) is 34.2. The molecule has 9 nitrogen and oxygen atoms in total. The highest BCUT2D eigenvalue weighted by Crippen LogP contribution is 2.75. The Morgan fingerprint density at radius 3 is 2.43 bits per heavy atom. The molecule has 0 spiro atoms. The number of nitrogens with one attached hydrogen (secondary N) is 2. The van der Waals surface area contributed by atoms with Crippen LogP contribution in [0.4, 0.5) is 11.5 Å². The SMILES string of the molecule is CC(C)C(=O)N1CCN(c2cc(S(=O)(=O)NC3(C)CC3)cc3nc(NC(=O)C45CC4C5)ccc23)C[C@H]1C. The van der Waals surface area contributed by atoms with Gasteiger partial charge >= 0.3 is 0 Å². The van der Waals surface area contributed by atoms with Crippen molar-refractivity contribution < 1.29 is 18.0 Å². The van der Waals surface area contributed by atoms with Crippen LogP contribution in [0.5, 0.6) is 0 Å². The summed E-state index contributed by atoms with van der Waals surface area (Å²) >= 11 is 0. The fraction of sp³-hybridized carbons (Fsp3) is 0.593. The third-order valence-electron chi connectivity index (χ3n) is 8.57. The molecule has 0 bridgehead atoms. The number of sulfonamides is 1. The first-order valence-electron chi connectivity index (χ1n) is 13.3. The first-order chi connectivity index (χ1) is 17.4. The molecule has 2 heterocycles. The number of fused-ring (bicyclic) bond motifs is 2. The van der Waals surface area contributed by atoms with Gasteiger partial charge in [-0.15, -0.1) is 0 Å². The third-order valence-corrected chi connectivity index (χ3v) is 10.2. The van der Waals surface area contributed by atoms with Gasteiger partial charge in [0.1, 0.15) is 5.82 Å². The van der Waals surface area contributed by atoms with Crippen molar-refractivity contribution in [2.24, 2.45) is 17.3 Å². The second kappa shape index (κ2) is 8.14. The Balaban J connectivity index is 1.36. The van der Waals surface area contributed by atoms with E-state index in [1.165, 1.54) is 0 Å². The number of aromatic nitrogens is 1. The first-order valence-corrected chi connectivity index (χ1v) is 14.7. The number of benzene rings is 1. The molecule has 4 fully saturated rings. The Bertz CT molecular complexity index is 1410. The standard InChI is InChI=1S/C27H35N5O4S/c1-16(2)24(33)32-10-9-31(15-17(32)3)22-12-19(37(35,36)30-26(4)7-8-26)11-21-20(22)5-6-23(28-21)29-25(34)27-13-18(27)14-27/h5-6,11-12,16-18,30H,7-10,13-15H2,1-4H3,(H,28,29,34)/t17-,18?,27?/m1/s1. The van der Waals surface area contributed by atoms with Gasteiger partial charge < -0.3 is 15.1 Å². The summed E-state index contributed by atoms with van der Waals surface area (Å²) in [7, 11) is -3.77. The predicted molar refractivity (Wildman–Crippen MR) is 142 cm³/mol. The number of anilines is 2. The van der Waals surface area contributed by atoms with E-state index in [1.54, 1.807) is 18.2 Å². The van der Waals surface area contributed by atoms with Crippen molar-refractivity contribution in [2.75, 3.05) is 29.9 Å². The summed E-state index contributed by atoms with van der Waals surface area (Å²) in [5.41, 5.74) is 0.708. The van der Waals surface area contributed by atoms with E-state index in [1.807, 2.05) is 38.7 Å². The molecular weight excluding hydrogens is 490 g/mol. The highest BCUT2D eigenvalue weighted by molar-refractivity contribution is 7.89. The predicted octanol–water partition coefficient (Wildman–Crippen LogP) is 3.11. The molecule has 1 aromatic heterocycles. The van der Waals surface area contributed by atoms with Gasteiger partial charge in [0.15, 0.2) is 0 Å². The van der Waals surface area contributed by atoms with Crippen LogP contribution in [0.2, 0.25) is 0 Å². The van der Waals surface area contributed by atoms with Crippen molar-refractivity contribution >= 4 is 44.2 Å². The van der Waals surface area contributed by atoms with Gasteiger partial charge in [-0.2, -0.15) is 0 Å². The van der Waals surface area contributed by atoms with Crippen LogP contribution in [0, 0.1) is 17.3 Å². The maximum Gasteiger partial charge on any atom is 0.241 e. The number of nitrogens with zero attached hydrogens (tertiary/aromatic N) is 3. The number of hydrogen-bond donors (Lipinski definition) is 2. The van der Waals surface area contributed by atoms with Crippen LogP contribution in [0.15, 0.2) is 29.2 Å². The number of carbonyl (C=O) groups excluding carboxylic acids is 2. The second-order valence-electron chi connectivity index (χ2n) is 12.1. The Labute approximate surface area is 218 Å². The quantitative estimate of drug-likeness (QED) is 0.575. The molecule has 2 amide bonds. The lowest BCUT2D eigenvalue weighted by atomic mass is 10.1. The molecule has 6 rings (SSSR count). The number of hydrogen-bond acceptors (Lipinski definition) is 6. The van der Waals surface area contributed by atoms with Crippen LogP contribution in [-0.4, -0.2) is 61.3 Å². The van der Waals surface area contributed by atoms with Crippen molar-refractivity contribution in [1.82, 2.24) is 14.6 Å². The lowest BCUT2D eigenvalue weighted by Crippen LogP contribution is -2.55. The molecule has 3 aliphatic carbocycles. The topological polar surface area (TPSA) is 112 Å². The van der Waals surface area contributed by atoms with Crippen LogP contribution in [0.1, 0.15) is 53.4 Å². The molecular formula is C27H35N5O4S. The first kappa shape index (κ1) is 24.6. The molecule has 37 heavy (non-hydrogen) atoms. The van der Waals surface area contributed by atoms with Gasteiger partial charge in [0.05, 0.1) is 15.8 Å². The van der Waals surface area contributed by atoms with Crippen LogP contribution < -0.4 is 14.9 Å². The Morgan fingerprint density at radius 1 is 1.14 bits per heavy atom. The fourth-order valence-electron chi connectivity index (χ4n) is 5.50. The maximum absolute atomic E-state index is 13.4. The molecule has 198 valence electrons. The zero-order valence-corrected chi connectivity index (χ0v) is 22.7. The van der Waals surface area contributed by atoms with Crippen LogP contribution >= 0.6 is 0 Å². The lowest BCUT2D eigenvalue weighted by molar-refractivity contribution is -0.136. The average molecular weight is 526 g/mol. The van der Waals surface area contributed by atoms with Gasteiger partial charge in [0.25, 0.3) is 0 Å². The van der Waals surface area contributed by atoms with Gasteiger partial charge in [-0.05, 0) is 69.7 Å². The summed E-state index contributed by atoms with van der Waals surface area (Å²) in [6.07, 6.45) is 3.53. The zero-order valence-electron chi connectivity index (χ0n) is 21.9. The van der Waals surface area contributed by atoms with E-state index in [4.69, 9.17) is 0 Å². The number of rotatable bonds is 7. The average Bonchev–Trinajstić information content (AvgIpc) is 3.74. The summed E-state index contributed by atoms with van der Waals surface area (Å²) in [6, 6.07) is 7.00. The lowest BCUT2D eigenvalue weighted by Gasteiger charge is -2.42. The largest absolute Gasteiger partial charge is 0.367 e. The Morgan fingerprint density at radius 2 is 1.84 bits per heavy atom. The van der Waals surface area contributed by atoms with E-state index in [0.29, 0.717) is 36.9 Å².